The fourth-order valence-corrected chi connectivity index (χ4v) is 5.04. The van der Waals surface area contributed by atoms with Crippen LogP contribution in [-0.4, -0.2) is 24.1 Å². The summed E-state index contributed by atoms with van der Waals surface area (Å²) in [6.45, 7) is 0. The minimum atomic E-state index is -4.73. The van der Waals surface area contributed by atoms with E-state index in [4.69, 9.17) is 0 Å². The molecule has 31 heavy (non-hydrogen) atoms. The van der Waals surface area contributed by atoms with Gasteiger partial charge in [0.15, 0.2) is 22.1 Å². The number of rotatable bonds is 3. The first-order chi connectivity index (χ1) is 14.5. The first-order valence-electron chi connectivity index (χ1n) is 8.39. The van der Waals surface area contributed by atoms with Crippen molar-refractivity contribution in [1.82, 2.24) is 19.5 Å². The second-order valence-electron chi connectivity index (χ2n) is 6.33. The number of hydrogen-bond acceptors (Lipinski definition) is 5. The molecule has 0 aliphatic rings. The third-order valence-corrected chi connectivity index (χ3v) is 6.92. The normalized spacial score (nSPS) is 13.7. The number of nitrogens with zero attached hydrogens (tertiary/aromatic N) is 4. The van der Waals surface area contributed by atoms with Crippen LogP contribution in [0, 0.1) is 0 Å². The van der Waals surface area contributed by atoms with E-state index in [0.717, 1.165) is 17.4 Å². The Morgan fingerprint density at radius 2 is 1.65 bits per heavy atom. The smallest absolute Gasteiger partial charge is 0.418 e. The van der Waals surface area contributed by atoms with Gasteiger partial charge in [-0.05, 0) is 17.5 Å². The van der Waals surface area contributed by atoms with Crippen LogP contribution < -0.4 is 0 Å². The van der Waals surface area contributed by atoms with Crippen LogP contribution in [0.2, 0.25) is 0 Å². The highest BCUT2D eigenvalue weighted by atomic mass is 32.2. The highest BCUT2D eigenvalue weighted by Gasteiger charge is 2.36. The molecule has 13 heteroatoms. The number of aromatic nitrogens is 4. The molecular formula is C18H10F6N4OS2. The predicted molar refractivity (Wildman–Crippen MR) is 101 cm³/mol. The molecule has 4 heterocycles. The molecular weight excluding hydrogens is 466 g/mol. The van der Waals surface area contributed by atoms with Gasteiger partial charge in [-0.25, -0.2) is 15.0 Å². The number of aryl methyl sites for hydroxylation is 1. The molecule has 4 aromatic heterocycles. The van der Waals surface area contributed by atoms with Crippen molar-refractivity contribution in [3.8, 4) is 11.5 Å². The third kappa shape index (κ3) is 4.00. The van der Waals surface area contributed by atoms with Gasteiger partial charge in [-0.15, -0.1) is 0 Å². The average molecular weight is 476 g/mol. The monoisotopic (exact) mass is 476 g/mol. The van der Waals surface area contributed by atoms with Crippen LogP contribution in [0.1, 0.15) is 11.1 Å². The van der Waals surface area contributed by atoms with Crippen molar-refractivity contribution in [2.45, 2.75) is 21.5 Å². The molecule has 0 aromatic carbocycles. The Bertz CT molecular complexity index is 1250. The number of halogens is 6. The van der Waals surface area contributed by atoms with Crippen molar-refractivity contribution in [3.63, 3.8) is 0 Å². The van der Waals surface area contributed by atoms with Gasteiger partial charge in [-0.1, -0.05) is 11.3 Å². The largest absolute Gasteiger partial charge is 0.606 e. The van der Waals surface area contributed by atoms with Crippen molar-refractivity contribution < 1.29 is 30.9 Å². The number of thiophene rings is 1. The Balaban J connectivity index is 1.93. The topological polar surface area (TPSA) is 66.7 Å². The van der Waals surface area contributed by atoms with E-state index in [0.29, 0.717) is 22.7 Å². The Labute approximate surface area is 177 Å². The molecule has 162 valence electrons. The van der Waals surface area contributed by atoms with Crippen molar-refractivity contribution in [2.75, 3.05) is 0 Å². The maximum absolute atomic E-state index is 13.2. The molecule has 0 fully saturated rings. The van der Waals surface area contributed by atoms with Gasteiger partial charge < -0.3 is 9.12 Å². The summed E-state index contributed by atoms with van der Waals surface area (Å²) in [5.41, 5.74) is -2.33. The van der Waals surface area contributed by atoms with Crippen LogP contribution in [0.3, 0.4) is 0 Å². The molecule has 1 atom stereocenters. The van der Waals surface area contributed by atoms with Gasteiger partial charge in [-0.3, -0.25) is 0 Å². The molecule has 5 nitrogen and oxygen atoms in total. The molecule has 0 radical (unpaired) electrons. The van der Waals surface area contributed by atoms with Gasteiger partial charge in [0, 0.05) is 42.7 Å². The van der Waals surface area contributed by atoms with Gasteiger partial charge in [0.1, 0.15) is 5.52 Å². The molecule has 0 saturated carbocycles. The van der Waals surface area contributed by atoms with Gasteiger partial charge >= 0.3 is 12.4 Å². The van der Waals surface area contributed by atoms with Crippen LogP contribution in [0.25, 0.3) is 22.7 Å². The summed E-state index contributed by atoms with van der Waals surface area (Å²) in [6, 6.07) is 4.59. The summed E-state index contributed by atoms with van der Waals surface area (Å²) in [4.78, 5) is 11.4. The highest BCUT2D eigenvalue weighted by Crippen LogP contribution is 2.37. The predicted octanol–water partition coefficient (Wildman–Crippen LogP) is 5.30. The molecule has 4 aromatic rings. The minimum Gasteiger partial charge on any atom is -0.606 e. The van der Waals surface area contributed by atoms with E-state index in [9.17, 15) is 30.9 Å². The second kappa shape index (κ2) is 7.50. The fourth-order valence-electron chi connectivity index (χ4n) is 2.83. The van der Waals surface area contributed by atoms with Crippen LogP contribution in [0.15, 0.2) is 51.1 Å². The van der Waals surface area contributed by atoms with Crippen LogP contribution >= 0.6 is 11.3 Å². The molecule has 0 N–H and O–H groups in total. The quantitative estimate of drug-likeness (QED) is 0.298. The van der Waals surface area contributed by atoms with E-state index in [1.165, 1.54) is 17.7 Å². The van der Waals surface area contributed by atoms with Gasteiger partial charge in [0.2, 0.25) is 4.21 Å². The maximum atomic E-state index is 13.2. The summed E-state index contributed by atoms with van der Waals surface area (Å²) in [5.74, 6) is -0.0598. The van der Waals surface area contributed by atoms with E-state index in [1.54, 1.807) is 11.4 Å². The Morgan fingerprint density at radius 3 is 2.26 bits per heavy atom. The average Bonchev–Trinajstić information content (AvgIpc) is 3.34. The van der Waals surface area contributed by atoms with Crippen molar-refractivity contribution in [2.24, 2.45) is 7.05 Å². The SMILES string of the molecule is Cn1c(-c2ncc(C(F)(F)F)cc2[S+]([O-])c2cccs2)nc2cc(C(F)(F)F)cnc21. The van der Waals surface area contributed by atoms with E-state index in [-0.39, 0.29) is 27.6 Å². The molecule has 0 bridgehead atoms. The minimum absolute atomic E-state index is 0.0598. The number of imidazole rings is 1. The van der Waals surface area contributed by atoms with Crippen LogP contribution in [0.5, 0.6) is 0 Å². The molecule has 0 aliphatic heterocycles. The molecule has 1 unspecified atom stereocenters. The number of alkyl halides is 6. The number of pyridine rings is 2. The lowest BCUT2D eigenvalue weighted by atomic mass is 10.2. The molecule has 0 spiro atoms. The zero-order valence-electron chi connectivity index (χ0n) is 15.3. The third-order valence-electron chi connectivity index (χ3n) is 4.31. The fraction of sp³-hybridized carbons (Fsp3) is 0.167. The van der Waals surface area contributed by atoms with E-state index >= 15 is 0 Å². The Morgan fingerprint density at radius 1 is 1.00 bits per heavy atom. The molecule has 0 aliphatic carbocycles. The maximum Gasteiger partial charge on any atom is 0.418 e. The van der Waals surface area contributed by atoms with Gasteiger partial charge in [0.05, 0.1) is 11.1 Å². The molecule has 0 saturated heterocycles. The Hall–Kier alpha value is -2.64. The lowest BCUT2D eigenvalue weighted by Crippen LogP contribution is -2.12. The summed E-state index contributed by atoms with van der Waals surface area (Å²) in [7, 11) is 1.43. The van der Waals surface area contributed by atoms with E-state index in [2.05, 4.69) is 15.0 Å². The first-order valence-corrected chi connectivity index (χ1v) is 10.4. The van der Waals surface area contributed by atoms with E-state index in [1.807, 2.05) is 0 Å². The zero-order valence-corrected chi connectivity index (χ0v) is 17.0. The summed E-state index contributed by atoms with van der Waals surface area (Å²) < 4.78 is 93.3. The van der Waals surface area contributed by atoms with Crippen molar-refractivity contribution in [1.29, 1.82) is 0 Å². The molecule has 4 rings (SSSR count). The van der Waals surface area contributed by atoms with E-state index < -0.39 is 34.7 Å². The second-order valence-corrected chi connectivity index (χ2v) is 8.95. The molecule has 0 amide bonds. The van der Waals surface area contributed by atoms with Gasteiger partial charge in [0.25, 0.3) is 0 Å². The number of fused-ring (bicyclic) bond motifs is 1. The lowest BCUT2D eigenvalue weighted by Gasteiger charge is -2.14. The lowest BCUT2D eigenvalue weighted by molar-refractivity contribution is -0.138. The van der Waals surface area contributed by atoms with Crippen molar-refractivity contribution >= 4 is 33.7 Å². The highest BCUT2D eigenvalue weighted by molar-refractivity contribution is 7.93. The van der Waals surface area contributed by atoms with Gasteiger partial charge in [-0.2, -0.15) is 26.3 Å². The first kappa shape index (κ1) is 21.6. The van der Waals surface area contributed by atoms with Crippen molar-refractivity contribution in [3.05, 3.63) is 53.2 Å². The Kier molecular flexibility index (Phi) is 5.22. The summed E-state index contributed by atoms with van der Waals surface area (Å²) >= 11 is -0.936. The standard InChI is InChI=1S/C18H10F6N4OS2/c1-28-15-11(5-9(8-26-15)17(19,20)21)27-16(28)14-12(31(29)13-3-2-4-30-13)6-10(7-25-14)18(22,23)24/h2-8H,1H3. The number of hydrogen-bond donors (Lipinski definition) is 0. The van der Waals surface area contributed by atoms with Crippen LogP contribution in [-0.2, 0) is 30.6 Å². The summed E-state index contributed by atoms with van der Waals surface area (Å²) in [5, 5.41) is 1.62. The zero-order chi connectivity index (χ0) is 22.6. The van der Waals surface area contributed by atoms with Crippen LogP contribution in [0.4, 0.5) is 26.3 Å². The summed E-state index contributed by atoms with van der Waals surface area (Å²) in [6.07, 6.45) is -8.16.